The van der Waals surface area contributed by atoms with Gasteiger partial charge in [-0.1, -0.05) is 6.07 Å². The number of aryl methyl sites for hydroxylation is 2. The maximum Gasteiger partial charge on any atom is 0.416 e. The fraction of sp³-hybridized carbons (Fsp3) is 0.316. The Morgan fingerprint density at radius 1 is 1.12 bits per heavy atom. The van der Waals surface area contributed by atoms with E-state index in [9.17, 15) is 13.2 Å². The maximum atomic E-state index is 13.1. The molecule has 0 saturated carbocycles. The minimum Gasteiger partial charge on any atom is -0.353 e. The second-order valence-electron chi connectivity index (χ2n) is 6.20. The topological polar surface area (TPSA) is 54.7 Å². The molecule has 0 unspecified atom stereocenters. The molecule has 25 heavy (non-hydrogen) atoms. The fourth-order valence-corrected chi connectivity index (χ4v) is 2.96. The van der Waals surface area contributed by atoms with E-state index in [-0.39, 0.29) is 0 Å². The smallest absolute Gasteiger partial charge is 0.353 e. The first-order valence-electron chi connectivity index (χ1n) is 8.25. The van der Waals surface area contributed by atoms with Crippen molar-refractivity contribution in [1.82, 2.24) is 9.97 Å². The number of aromatic nitrogens is 2. The number of pyridine rings is 1. The lowest BCUT2D eigenvalue weighted by Crippen LogP contribution is -2.04. The minimum atomic E-state index is -4.36. The molecule has 0 saturated heterocycles. The van der Waals surface area contributed by atoms with E-state index in [0.717, 1.165) is 41.4 Å². The molecule has 2 heterocycles. The van der Waals surface area contributed by atoms with Crippen molar-refractivity contribution >= 4 is 10.9 Å². The van der Waals surface area contributed by atoms with Crippen LogP contribution in [0.2, 0.25) is 0 Å². The molecule has 3 N–H and O–H groups in total. The number of alkyl halides is 3. The van der Waals surface area contributed by atoms with Gasteiger partial charge in [0.05, 0.1) is 17.0 Å². The number of hydrogen-bond donors (Lipinski definition) is 2. The van der Waals surface area contributed by atoms with Gasteiger partial charge in [0.25, 0.3) is 0 Å². The Hall–Kier alpha value is -2.34. The second kappa shape index (κ2) is 6.88. The van der Waals surface area contributed by atoms with Crippen molar-refractivity contribution in [1.29, 1.82) is 0 Å². The lowest BCUT2D eigenvalue weighted by atomic mass is 10.0. The highest BCUT2D eigenvalue weighted by atomic mass is 19.4. The summed E-state index contributed by atoms with van der Waals surface area (Å²) in [5.74, 6) is 0. The predicted octanol–water partition coefficient (Wildman–Crippen LogP) is 4.84. The fourth-order valence-electron chi connectivity index (χ4n) is 2.96. The molecule has 132 valence electrons. The maximum absolute atomic E-state index is 13.1. The summed E-state index contributed by atoms with van der Waals surface area (Å²) < 4.78 is 39.3. The zero-order valence-electron chi connectivity index (χ0n) is 14.0. The highest BCUT2D eigenvalue weighted by Gasteiger charge is 2.31. The van der Waals surface area contributed by atoms with Crippen LogP contribution >= 0.6 is 0 Å². The average Bonchev–Trinajstić information content (AvgIpc) is 2.93. The molecule has 1 aromatic carbocycles. The molecule has 0 aliphatic heterocycles. The second-order valence-corrected chi connectivity index (χ2v) is 6.20. The van der Waals surface area contributed by atoms with E-state index < -0.39 is 11.7 Å². The predicted molar refractivity (Wildman–Crippen MR) is 93.3 cm³/mol. The van der Waals surface area contributed by atoms with Crippen LogP contribution in [0.1, 0.15) is 29.5 Å². The molecule has 2 aromatic heterocycles. The van der Waals surface area contributed by atoms with Gasteiger partial charge in [-0.3, -0.25) is 4.98 Å². The molecule has 0 atom stereocenters. The quantitative estimate of drug-likeness (QED) is 0.649. The van der Waals surface area contributed by atoms with Crippen LogP contribution in [0, 0.1) is 6.92 Å². The van der Waals surface area contributed by atoms with Gasteiger partial charge >= 0.3 is 6.18 Å². The van der Waals surface area contributed by atoms with Crippen molar-refractivity contribution in [3.05, 3.63) is 53.2 Å². The molecule has 3 aromatic rings. The average molecular weight is 347 g/mol. The Morgan fingerprint density at radius 2 is 1.92 bits per heavy atom. The van der Waals surface area contributed by atoms with Crippen molar-refractivity contribution in [2.24, 2.45) is 5.73 Å². The van der Waals surface area contributed by atoms with Gasteiger partial charge in [-0.15, -0.1) is 0 Å². The van der Waals surface area contributed by atoms with Gasteiger partial charge in [-0.05, 0) is 68.1 Å². The Morgan fingerprint density at radius 3 is 2.56 bits per heavy atom. The third-order valence-corrected chi connectivity index (χ3v) is 4.28. The molecule has 0 aliphatic carbocycles. The zero-order chi connectivity index (χ0) is 18.0. The third-order valence-electron chi connectivity index (χ3n) is 4.28. The Bertz CT molecular complexity index is 864. The van der Waals surface area contributed by atoms with Gasteiger partial charge in [0.2, 0.25) is 0 Å². The van der Waals surface area contributed by atoms with Crippen LogP contribution in [-0.2, 0) is 12.6 Å². The Kier molecular flexibility index (Phi) is 4.81. The largest absolute Gasteiger partial charge is 0.416 e. The Labute approximate surface area is 144 Å². The summed E-state index contributed by atoms with van der Waals surface area (Å²) in [6.07, 6.45) is -0.303. The van der Waals surface area contributed by atoms with Gasteiger partial charge in [0, 0.05) is 17.1 Å². The molecule has 3 nitrogen and oxygen atoms in total. The lowest BCUT2D eigenvalue weighted by molar-refractivity contribution is -0.137. The van der Waals surface area contributed by atoms with Gasteiger partial charge in [-0.2, -0.15) is 13.2 Å². The van der Waals surface area contributed by atoms with E-state index in [0.29, 0.717) is 23.9 Å². The van der Waals surface area contributed by atoms with Crippen LogP contribution in [0.25, 0.3) is 22.3 Å². The number of fused-ring (bicyclic) bond motifs is 1. The highest BCUT2D eigenvalue weighted by molar-refractivity contribution is 5.90. The molecule has 0 bridgehead atoms. The van der Waals surface area contributed by atoms with E-state index in [1.807, 2.05) is 19.1 Å². The number of rotatable bonds is 5. The van der Waals surface area contributed by atoms with E-state index >= 15 is 0 Å². The lowest BCUT2D eigenvalue weighted by Gasteiger charge is -2.08. The number of hydrogen-bond acceptors (Lipinski definition) is 2. The summed E-state index contributed by atoms with van der Waals surface area (Å²) in [5.41, 5.74) is 9.03. The summed E-state index contributed by atoms with van der Waals surface area (Å²) >= 11 is 0. The van der Waals surface area contributed by atoms with Gasteiger partial charge < -0.3 is 10.7 Å². The molecule has 0 spiro atoms. The van der Waals surface area contributed by atoms with Crippen molar-refractivity contribution in [3.63, 3.8) is 0 Å². The van der Waals surface area contributed by atoms with E-state index in [1.165, 1.54) is 12.1 Å². The van der Waals surface area contributed by atoms with Gasteiger partial charge in [0.15, 0.2) is 0 Å². The molecule has 0 amide bonds. The minimum absolute atomic E-state index is 0.564. The molecule has 3 rings (SSSR count). The Balaban J connectivity index is 2.14. The number of nitrogens with zero attached hydrogens (tertiary/aromatic N) is 1. The number of halogens is 3. The number of aromatic amines is 1. The monoisotopic (exact) mass is 347 g/mol. The molecule has 6 heteroatoms. The molecular weight excluding hydrogens is 327 g/mol. The number of nitrogens with one attached hydrogen (secondary N) is 1. The van der Waals surface area contributed by atoms with Crippen molar-refractivity contribution in [2.75, 3.05) is 6.54 Å². The normalized spacial score (nSPS) is 12.0. The number of benzene rings is 1. The van der Waals surface area contributed by atoms with Gasteiger partial charge in [0.1, 0.15) is 0 Å². The summed E-state index contributed by atoms with van der Waals surface area (Å²) in [4.78, 5) is 7.67. The number of H-pyrrole nitrogens is 1. The summed E-state index contributed by atoms with van der Waals surface area (Å²) in [7, 11) is 0. The van der Waals surface area contributed by atoms with Crippen LogP contribution < -0.4 is 5.73 Å². The van der Waals surface area contributed by atoms with Crippen molar-refractivity contribution in [2.45, 2.75) is 32.4 Å². The first kappa shape index (κ1) is 17.5. The van der Waals surface area contributed by atoms with E-state index in [2.05, 4.69) is 9.97 Å². The summed E-state index contributed by atoms with van der Waals surface area (Å²) in [6.45, 7) is 2.51. The van der Waals surface area contributed by atoms with E-state index in [1.54, 1.807) is 6.20 Å². The molecule has 0 fully saturated rings. The van der Waals surface area contributed by atoms with Crippen LogP contribution in [-0.4, -0.2) is 16.5 Å². The van der Waals surface area contributed by atoms with Crippen LogP contribution in [0.3, 0.4) is 0 Å². The first-order chi connectivity index (χ1) is 11.9. The molecule has 0 aliphatic rings. The SMILES string of the molecule is Cc1ccc(-c2[nH]c3ccc(C(F)(F)F)cc3c2CCCCN)nc1. The highest BCUT2D eigenvalue weighted by Crippen LogP contribution is 2.36. The summed E-state index contributed by atoms with van der Waals surface area (Å²) in [6, 6.07) is 7.65. The first-order valence-corrected chi connectivity index (χ1v) is 8.25. The molecule has 0 radical (unpaired) electrons. The van der Waals surface area contributed by atoms with Gasteiger partial charge in [-0.25, -0.2) is 0 Å². The standard InChI is InChI=1S/C19H20F3N3/c1-12-5-7-17(24-11-12)18-14(4-2-3-9-23)15-10-13(19(20,21)22)6-8-16(15)25-18/h5-8,10-11,25H,2-4,9,23H2,1H3. The molecular formula is C19H20F3N3. The van der Waals surface area contributed by atoms with Crippen molar-refractivity contribution in [3.8, 4) is 11.4 Å². The summed E-state index contributed by atoms with van der Waals surface area (Å²) in [5, 5.41) is 0.601. The van der Waals surface area contributed by atoms with Crippen molar-refractivity contribution < 1.29 is 13.2 Å². The zero-order valence-corrected chi connectivity index (χ0v) is 14.0. The number of unbranched alkanes of at least 4 members (excludes halogenated alkanes) is 1. The number of nitrogens with two attached hydrogens (primary N) is 1. The van der Waals surface area contributed by atoms with E-state index in [4.69, 9.17) is 5.73 Å². The third kappa shape index (κ3) is 3.69. The van der Waals surface area contributed by atoms with Crippen LogP contribution in [0.5, 0.6) is 0 Å². The van der Waals surface area contributed by atoms with Crippen LogP contribution in [0.4, 0.5) is 13.2 Å². The van der Waals surface area contributed by atoms with Crippen LogP contribution in [0.15, 0.2) is 36.5 Å².